The molecule has 1 aromatic heterocycles. The third kappa shape index (κ3) is 3.92. The molecule has 2 rings (SSSR count). The lowest BCUT2D eigenvalue weighted by Gasteiger charge is -2.17. The van der Waals surface area contributed by atoms with Gasteiger partial charge in [-0.3, -0.25) is 4.79 Å². The minimum Gasteiger partial charge on any atom is -0.352 e. The Hall–Kier alpha value is -1.65. The van der Waals surface area contributed by atoms with Gasteiger partial charge in [0.05, 0.1) is 0 Å². The molecule has 2 atom stereocenters. The third-order valence-corrected chi connectivity index (χ3v) is 4.16. The fraction of sp³-hybridized carbons (Fsp3) is 0.312. The fourth-order valence-corrected chi connectivity index (χ4v) is 3.11. The van der Waals surface area contributed by atoms with E-state index in [1.165, 1.54) is 9.75 Å². The van der Waals surface area contributed by atoms with Crippen LogP contribution < -0.4 is 11.1 Å². The lowest BCUT2D eigenvalue weighted by Crippen LogP contribution is -2.40. The van der Waals surface area contributed by atoms with Gasteiger partial charge in [0.2, 0.25) is 5.91 Å². The number of hydrogen-bond donors (Lipinski definition) is 2. The minimum atomic E-state index is -0.608. The van der Waals surface area contributed by atoms with Gasteiger partial charge in [-0.15, -0.1) is 11.3 Å². The summed E-state index contributed by atoms with van der Waals surface area (Å²) in [6, 6.07) is 13.1. The second-order valence-corrected chi connectivity index (χ2v) is 6.39. The van der Waals surface area contributed by atoms with Crippen molar-refractivity contribution in [3.05, 3.63) is 57.8 Å². The molecule has 4 heteroatoms. The van der Waals surface area contributed by atoms with E-state index in [2.05, 4.69) is 24.4 Å². The Bertz CT molecular complexity index is 565. The highest BCUT2D eigenvalue weighted by atomic mass is 32.1. The minimum absolute atomic E-state index is 0.0790. The number of benzene rings is 1. The second-order valence-electron chi connectivity index (χ2n) is 5.01. The smallest absolute Gasteiger partial charge is 0.241 e. The summed E-state index contributed by atoms with van der Waals surface area (Å²) in [5.74, 6) is -0.128. The summed E-state index contributed by atoms with van der Waals surface area (Å²) in [4.78, 5) is 14.7. The van der Waals surface area contributed by atoms with Crippen LogP contribution in [0, 0.1) is 6.92 Å². The first-order chi connectivity index (χ1) is 9.56. The summed E-state index contributed by atoms with van der Waals surface area (Å²) in [6.45, 7) is 4.09. The van der Waals surface area contributed by atoms with Crippen LogP contribution in [0.5, 0.6) is 0 Å². The molecule has 0 bridgehead atoms. The maximum atomic E-state index is 12.1. The number of nitrogens with two attached hydrogens (primary N) is 1. The van der Waals surface area contributed by atoms with Gasteiger partial charge in [0.25, 0.3) is 0 Å². The lowest BCUT2D eigenvalue weighted by atomic mass is 10.1. The highest BCUT2D eigenvalue weighted by Gasteiger charge is 2.17. The molecule has 1 amide bonds. The topological polar surface area (TPSA) is 55.1 Å². The molecule has 20 heavy (non-hydrogen) atoms. The SMILES string of the molecule is Cc1ccc(CC(C)NC(=O)[C@H](N)c2ccccc2)s1. The van der Waals surface area contributed by atoms with Gasteiger partial charge >= 0.3 is 0 Å². The Labute approximate surface area is 123 Å². The summed E-state index contributed by atoms with van der Waals surface area (Å²) in [5, 5.41) is 2.98. The number of rotatable bonds is 5. The standard InChI is InChI=1S/C16H20N2OS/c1-11(10-14-9-8-12(2)20-14)18-16(19)15(17)13-6-4-3-5-7-13/h3-9,11,15H,10,17H2,1-2H3,(H,18,19)/t11?,15-/m1/s1. The average Bonchev–Trinajstić information content (AvgIpc) is 2.84. The predicted octanol–water partition coefficient (Wildman–Crippen LogP) is 2.80. The number of thiophene rings is 1. The first-order valence-corrected chi connectivity index (χ1v) is 7.54. The molecule has 0 aliphatic carbocycles. The van der Waals surface area contributed by atoms with Gasteiger partial charge in [-0.25, -0.2) is 0 Å². The molecular weight excluding hydrogens is 268 g/mol. The molecule has 0 saturated heterocycles. The highest BCUT2D eigenvalue weighted by molar-refractivity contribution is 7.11. The van der Waals surface area contributed by atoms with Crippen LogP contribution >= 0.6 is 11.3 Å². The summed E-state index contributed by atoms with van der Waals surface area (Å²) in [7, 11) is 0. The van der Waals surface area contributed by atoms with Crippen molar-refractivity contribution < 1.29 is 4.79 Å². The molecule has 106 valence electrons. The summed E-state index contributed by atoms with van der Waals surface area (Å²) < 4.78 is 0. The van der Waals surface area contributed by atoms with Crippen molar-refractivity contribution in [3.63, 3.8) is 0 Å². The fourth-order valence-electron chi connectivity index (χ4n) is 2.09. The molecule has 0 saturated carbocycles. The van der Waals surface area contributed by atoms with E-state index in [1.807, 2.05) is 37.3 Å². The zero-order valence-electron chi connectivity index (χ0n) is 11.8. The van der Waals surface area contributed by atoms with Gasteiger partial charge in [-0.2, -0.15) is 0 Å². The average molecular weight is 288 g/mol. The van der Waals surface area contributed by atoms with Crippen LogP contribution in [0.2, 0.25) is 0 Å². The molecule has 0 spiro atoms. The second kappa shape index (κ2) is 6.68. The van der Waals surface area contributed by atoms with E-state index in [4.69, 9.17) is 5.73 Å². The molecule has 1 unspecified atom stereocenters. The van der Waals surface area contributed by atoms with Crippen LogP contribution in [0.25, 0.3) is 0 Å². The zero-order valence-corrected chi connectivity index (χ0v) is 12.6. The van der Waals surface area contributed by atoms with E-state index in [9.17, 15) is 4.79 Å². The number of hydrogen-bond acceptors (Lipinski definition) is 3. The molecule has 3 N–H and O–H groups in total. The molecule has 0 aliphatic rings. The van der Waals surface area contributed by atoms with E-state index >= 15 is 0 Å². The van der Waals surface area contributed by atoms with Crippen molar-refractivity contribution in [1.29, 1.82) is 0 Å². The van der Waals surface area contributed by atoms with Crippen molar-refractivity contribution in [2.24, 2.45) is 5.73 Å². The molecule has 2 aromatic rings. The van der Waals surface area contributed by atoms with E-state index < -0.39 is 6.04 Å². The Kier molecular flexibility index (Phi) is 4.93. The molecular formula is C16H20N2OS. The van der Waals surface area contributed by atoms with Gasteiger partial charge in [0.15, 0.2) is 0 Å². The van der Waals surface area contributed by atoms with Crippen molar-refractivity contribution >= 4 is 17.2 Å². The molecule has 1 heterocycles. The number of carbonyl (C=O) groups excluding carboxylic acids is 1. The van der Waals surface area contributed by atoms with E-state index in [-0.39, 0.29) is 11.9 Å². The van der Waals surface area contributed by atoms with E-state index in [1.54, 1.807) is 11.3 Å². The predicted molar refractivity (Wildman–Crippen MR) is 83.7 cm³/mol. The van der Waals surface area contributed by atoms with Crippen LogP contribution in [0.4, 0.5) is 0 Å². The number of aryl methyl sites for hydroxylation is 1. The summed E-state index contributed by atoms with van der Waals surface area (Å²) in [5.41, 5.74) is 6.81. The first-order valence-electron chi connectivity index (χ1n) is 6.72. The molecule has 1 aromatic carbocycles. The Morgan fingerprint density at radius 2 is 1.95 bits per heavy atom. The Balaban J connectivity index is 1.90. The van der Waals surface area contributed by atoms with Crippen LogP contribution in [0.3, 0.4) is 0 Å². The van der Waals surface area contributed by atoms with E-state index in [0.717, 1.165) is 12.0 Å². The molecule has 3 nitrogen and oxygen atoms in total. The van der Waals surface area contributed by atoms with Gasteiger partial charge in [-0.1, -0.05) is 30.3 Å². The van der Waals surface area contributed by atoms with Crippen LogP contribution in [0.1, 0.15) is 28.3 Å². The third-order valence-electron chi connectivity index (χ3n) is 3.13. The summed E-state index contributed by atoms with van der Waals surface area (Å²) in [6.07, 6.45) is 0.839. The van der Waals surface area contributed by atoms with Crippen molar-refractivity contribution in [2.75, 3.05) is 0 Å². The first kappa shape index (κ1) is 14.8. The zero-order chi connectivity index (χ0) is 14.5. The Morgan fingerprint density at radius 1 is 1.25 bits per heavy atom. The van der Waals surface area contributed by atoms with Gasteiger partial charge in [0.1, 0.15) is 6.04 Å². The maximum Gasteiger partial charge on any atom is 0.241 e. The van der Waals surface area contributed by atoms with Crippen LogP contribution in [-0.2, 0) is 11.2 Å². The number of nitrogens with one attached hydrogen (secondary N) is 1. The van der Waals surface area contributed by atoms with Crippen molar-refractivity contribution in [1.82, 2.24) is 5.32 Å². The monoisotopic (exact) mass is 288 g/mol. The van der Waals surface area contributed by atoms with Gasteiger partial charge < -0.3 is 11.1 Å². The van der Waals surface area contributed by atoms with E-state index in [0.29, 0.717) is 0 Å². The van der Waals surface area contributed by atoms with Crippen molar-refractivity contribution in [3.8, 4) is 0 Å². The Morgan fingerprint density at radius 3 is 2.55 bits per heavy atom. The quantitative estimate of drug-likeness (QED) is 0.889. The normalized spacial score (nSPS) is 13.8. The molecule has 0 fully saturated rings. The number of carbonyl (C=O) groups is 1. The largest absolute Gasteiger partial charge is 0.352 e. The van der Waals surface area contributed by atoms with Gasteiger partial charge in [-0.05, 0) is 31.5 Å². The lowest BCUT2D eigenvalue weighted by molar-refractivity contribution is -0.123. The van der Waals surface area contributed by atoms with Gasteiger partial charge in [0, 0.05) is 22.2 Å². The highest BCUT2D eigenvalue weighted by Crippen LogP contribution is 2.17. The van der Waals surface area contributed by atoms with Crippen LogP contribution in [0.15, 0.2) is 42.5 Å². The van der Waals surface area contributed by atoms with Crippen LogP contribution in [-0.4, -0.2) is 11.9 Å². The van der Waals surface area contributed by atoms with Crippen molar-refractivity contribution in [2.45, 2.75) is 32.4 Å². The molecule has 0 radical (unpaired) electrons. The maximum absolute atomic E-state index is 12.1. The molecule has 0 aliphatic heterocycles. The number of amides is 1. The summed E-state index contributed by atoms with van der Waals surface area (Å²) >= 11 is 1.77.